The molecule has 10 nitrogen and oxygen atoms in total. The molecule has 0 saturated carbocycles. The van der Waals surface area contributed by atoms with Crippen molar-refractivity contribution >= 4 is 99.6 Å². The lowest BCUT2D eigenvalue weighted by Crippen LogP contribution is -2.23. The smallest absolute Gasteiger partial charge is 0.422 e. The minimum Gasteiger partial charge on any atom is -0.477 e. The van der Waals surface area contributed by atoms with Gasteiger partial charge in [-0.2, -0.15) is 26.3 Å². The summed E-state index contributed by atoms with van der Waals surface area (Å²) in [6, 6.07) is 0. The van der Waals surface area contributed by atoms with Gasteiger partial charge in [-0.05, 0) is 22.9 Å². The predicted molar refractivity (Wildman–Crippen MR) is 137 cm³/mol. The van der Waals surface area contributed by atoms with E-state index in [0.717, 1.165) is 0 Å². The number of carbonyl (C=O) groups excluding carboxylic acids is 4. The first-order chi connectivity index (χ1) is 17.5. The Kier molecular flexibility index (Phi) is 34.2. The summed E-state index contributed by atoms with van der Waals surface area (Å²) in [6.07, 6.45) is -9.05. The molecule has 0 unspecified atom stereocenters. The van der Waals surface area contributed by atoms with Crippen LogP contribution in [0.25, 0.3) is 0 Å². The predicted octanol–water partition coefficient (Wildman–Crippen LogP) is 5.00. The van der Waals surface area contributed by atoms with Gasteiger partial charge in [0, 0.05) is 6.61 Å². The summed E-state index contributed by atoms with van der Waals surface area (Å²) in [6.45, 7) is 3.64. The van der Waals surface area contributed by atoms with E-state index in [9.17, 15) is 50.3 Å². The summed E-state index contributed by atoms with van der Waals surface area (Å²) < 4.78 is 79.9. The van der Waals surface area contributed by atoms with Gasteiger partial charge in [0.25, 0.3) is 0 Å². The van der Waals surface area contributed by atoms with Gasteiger partial charge in [0.1, 0.15) is 15.4 Å². The summed E-state index contributed by atoms with van der Waals surface area (Å²) in [5, 5.41) is 14.7. The minimum atomic E-state index is -4.62. The fraction of sp³-hybridized carbons (Fsp3) is 0.500. The van der Waals surface area contributed by atoms with Crippen molar-refractivity contribution in [3.05, 3.63) is 23.2 Å². The van der Waals surface area contributed by atoms with Crippen LogP contribution in [0.5, 0.6) is 0 Å². The Hall–Kier alpha value is -1.41. The van der Waals surface area contributed by atoms with E-state index in [-0.39, 0.29) is 21.7 Å². The average molecular weight is 822 g/mol. The van der Waals surface area contributed by atoms with Gasteiger partial charge in [-0.15, -0.1) is 0 Å². The minimum absolute atomic E-state index is 0.0162. The van der Waals surface area contributed by atoms with Gasteiger partial charge in [-0.25, -0.2) is 14.4 Å². The molecule has 0 aromatic carbocycles. The zero-order valence-corrected chi connectivity index (χ0v) is 25.7. The highest BCUT2D eigenvalue weighted by atomic mass is 79.9. The molecule has 0 amide bonds. The molecule has 0 aromatic rings. The number of hydrogen-bond donors (Lipinski definition) is 2. The molecule has 39 heavy (non-hydrogen) atoms. The fourth-order valence-electron chi connectivity index (χ4n) is 0.608. The van der Waals surface area contributed by atoms with E-state index in [1.54, 1.807) is 6.92 Å². The Morgan fingerprint density at radius 3 is 1.31 bits per heavy atom. The highest BCUT2D eigenvalue weighted by Crippen LogP contribution is 2.15. The van der Waals surface area contributed by atoms with Crippen molar-refractivity contribution in [2.75, 3.05) is 37.1 Å². The van der Waals surface area contributed by atoms with Crippen molar-refractivity contribution < 1.29 is 74.7 Å². The maximum absolute atomic E-state index is 11.5. The first-order valence-electron chi connectivity index (χ1n) is 8.96. The maximum Gasteiger partial charge on any atom is 0.422 e. The first-order valence-corrected chi connectivity index (χ1v) is 12.7. The summed E-state index contributed by atoms with van der Waals surface area (Å²) in [4.78, 5) is 50.3. The number of halogens is 11. The molecule has 230 valence electrons. The quantitative estimate of drug-likeness (QED) is 0.0855. The number of carboxylic acids is 1. The van der Waals surface area contributed by atoms with E-state index in [4.69, 9.17) is 33.4 Å². The number of aliphatic carboxylic acids is 1. The van der Waals surface area contributed by atoms with Crippen LogP contribution >= 0.6 is 71.0 Å². The van der Waals surface area contributed by atoms with E-state index in [2.05, 4.69) is 75.2 Å². The number of aliphatic hydroxyl groups is 1. The summed E-state index contributed by atoms with van der Waals surface area (Å²) in [5.74, 6) is -4.51. The lowest BCUT2D eigenvalue weighted by Gasteiger charge is -2.07. The number of carbonyl (C=O) groups is 5. The maximum atomic E-state index is 11.5. The van der Waals surface area contributed by atoms with Crippen LogP contribution < -0.4 is 0 Å². The molecule has 0 rings (SSSR count). The van der Waals surface area contributed by atoms with Crippen molar-refractivity contribution in [1.29, 1.82) is 0 Å². The van der Waals surface area contributed by atoms with Gasteiger partial charge < -0.3 is 24.4 Å². The van der Waals surface area contributed by atoms with Crippen molar-refractivity contribution in [3.63, 3.8) is 0 Å². The molecule has 0 radical (unpaired) electrons. The molecular formula is C18H21Br3Cl2F6O10. The third kappa shape index (κ3) is 57.5. The molecule has 0 spiro atoms. The highest BCUT2D eigenvalue weighted by Gasteiger charge is 2.30. The molecule has 0 aromatic heterocycles. The summed E-state index contributed by atoms with van der Waals surface area (Å²) in [5.41, 5.74) is 0. The lowest BCUT2D eigenvalue weighted by molar-refractivity contribution is -0.189. The third-order valence-electron chi connectivity index (χ3n) is 1.78. The van der Waals surface area contributed by atoms with Crippen LogP contribution in [0, 0.1) is 0 Å². The molecule has 21 heteroatoms. The van der Waals surface area contributed by atoms with Gasteiger partial charge in [-0.1, -0.05) is 68.2 Å². The first kappa shape index (κ1) is 47.4. The Bertz CT molecular complexity index is 770. The van der Waals surface area contributed by atoms with Crippen LogP contribution in [0.1, 0.15) is 6.92 Å². The van der Waals surface area contributed by atoms with Crippen molar-refractivity contribution in [2.45, 2.75) is 19.3 Å². The number of esters is 3. The molecule has 0 atom stereocenters. The fourth-order valence-corrected chi connectivity index (χ4v) is 0.824. The Morgan fingerprint density at radius 1 is 0.795 bits per heavy atom. The Morgan fingerprint density at radius 2 is 1.10 bits per heavy atom. The second kappa shape index (κ2) is 28.1. The van der Waals surface area contributed by atoms with Crippen LogP contribution in [0.2, 0.25) is 0 Å². The molecule has 0 bridgehead atoms. The van der Waals surface area contributed by atoms with E-state index in [0.29, 0.717) is 5.33 Å². The highest BCUT2D eigenvalue weighted by molar-refractivity contribution is 9.19. The van der Waals surface area contributed by atoms with Crippen LogP contribution in [0.15, 0.2) is 23.2 Å². The lowest BCUT2D eigenvalue weighted by atomic mass is 10.6. The number of ether oxygens (including phenoxy) is 3. The Labute approximate surface area is 253 Å². The monoisotopic (exact) mass is 818 g/mol. The number of carboxylic acid groups (broad SMARTS) is 1. The Balaban J connectivity index is -0.000000138. The van der Waals surface area contributed by atoms with Gasteiger partial charge in [-0.3, -0.25) is 9.59 Å². The normalized spacial score (nSPS) is 9.56. The molecule has 0 saturated heterocycles. The van der Waals surface area contributed by atoms with Gasteiger partial charge in [0.15, 0.2) is 19.8 Å². The topological polar surface area (TPSA) is 153 Å². The molecule has 0 aliphatic carbocycles. The average Bonchev–Trinajstić information content (AvgIpc) is 2.80. The van der Waals surface area contributed by atoms with Gasteiger partial charge in [0.05, 0.1) is 5.33 Å². The van der Waals surface area contributed by atoms with E-state index >= 15 is 0 Å². The van der Waals surface area contributed by atoms with E-state index < -0.39 is 61.1 Å². The van der Waals surface area contributed by atoms with Crippen molar-refractivity contribution in [2.24, 2.45) is 0 Å². The van der Waals surface area contributed by atoms with Crippen molar-refractivity contribution in [3.8, 4) is 0 Å². The largest absolute Gasteiger partial charge is 0.477 e. The number of alkyl halides is 8. The second-order valence-electron chi connectivity index (χ2n) is 5.18. The number of rotatable bonds is 8. The molecule has 2 N–H and O–H groups in total. The molecule has 0 aliphatic rings. The SMILES string of the molecule is C=C(Cl)C(=O)O.C=C(Cl)C(=O)OCC(=O)OCC(F)(F)F.CCO.O=C(Br)CBr.O=C(CBr)OCC(F)(F)F. The van der Waals surface area contributed by atoms with E-state index in [1.807, 2.05) is 0 Å². The van der Waals surface area contributed by atoms with Gasteiger partial charge in [0.2, 0.25) is 4.69 Å². The summed E-state index contributed by atoms with van der Waals surface area (Å²) in [7, 11) is 0. The molecule has 0 heterocycles. The summed E-state index contributed by atoms with van der Waals surface area (Å²) >= 11 is 18.1. The zero-order valence-electron chi connectivity index (χ0n) is 19.5. The van der Waals surface area contributed by atoms with Crippen LogP contribution in [-0.2, 0) is 38.2 Å². The van der Waals surface area contributed by atoms with Gasteiger partial charge >= 0.3 is 36.2 Å². The standard InChI is InChI=1S/C7H6ClF3O4.C4H4BrF3O2.C3H3ClO2.C2H2Br2O.C2H6O/c1-4(8)6(13)14-2-5(12)15-3-7(9,10)11;5-1-3(9)10-2-4(6,7)8;1-2(4)3(5)6;3-1-2(4)5;1-2-3/h1-3H2;1-2H2;1H2,(H,5,6);1H2;3H,2H2,1H3. The molecule has 0 fully saturated rings. The van der Waals surface area contributed by atoms with Crippen LogP contribution in [0.4, 0.5) is 26.3 Å². The van der Waals surface area contributed by atoms with E-state index in [1.165, 1.54) is 0 Å². The van der Waals surface area contributed by atoms with Crippen molar-refractivity contribution in [1.82, 2.24) is 0 Å². The molecular weight excluding hydrogens is 801 g/mol. The zero-order chi connectivity index (χ0) is 32.4. The second-order valence-corrected chi connectivity index (χ2v) is 8.10. The third-order valence-corrected chi connectivity index (χ3v) is 4.10. The van der Waals surface area contributed by atoms with Crippen LogP contribution in [-0.4, -0.2) is 88.2 Å². The molecule has 0 aliphatic heterocycles. The number of hydrogen-bond acceptors (Lipinski definition) is 9. The number of aliphatic hydroxyl groups excluding tert-OH is 1. The van der Waals surface area contributed by atoms with Crippen LogP contribution in [0.3, 0.4) is 0 Å².